The number of thiazole rings is 1. The number of halogens is 1. The van der Waals surface area contributed by atoms with E-state index < -0.39 is 0 Å². The topological polar surface area (TPSA) is 12.9 Å². The molecular formula is C13H14BrNS2. The van der Waals surface area contributed by atoms with E-state index in [9.17, 15) is 0 Å². The Bertz CT molecular complexity index is 491. The third-order valence-electron chi connectivity index (χ3n) is 2.39. The fourth-order valence-corrected chi connectivity index (χ4v) is 3.52. The van der Waals surface area contributed by atoms with Crippen molar-refractivity contribution in [2.45, 2.75) is 19.6 Å². The van der Waals surface area contributed by atoms with Crippen molar-refractivity contribution in [3.8, 4) is 11.3 Å². The normalized spacial score (nSPS) is 10.8. The van der Waals surface area contributed by atoms with Gasteiger partial charge >= 0.3 is 0 Å². The number of rotatable bonds is 4. The summed E-state index contributed by atoms with van der Waals surface area (Å²) in [5, 5.41) is 1.23. The van der Waals surface area contributed by atoms with Gasteiger partial charge in [-0.25, -0.2) is 4.98 Å². The molecule has 0 amide bonds. The first-order valence-corrected chi connectivity index (χ1v) is 8.27. The molecule has 0 unspecified atom stereocenters. The average Bonchev–Trinajstić information content (AvgIpc) is 2.69. The predicted molar refractivity (Wildman–Crippen MR) is 81.8 cm³/mol. The van der Waals surface area contributed by atoms with Crippen molar-refractivity contribution in [1.82, 2.24) is 4.98 Å². The van der Waals surface area contributed by atoms with Crippen LogP contribution in [0, 0.1) is 6.92 Å². The summed E-state index contributed by atoms with van der Waals surface area (Å²) in [6, 6.07) is 8.36. The van der Waals surface area contributed by atoms with Crippen LogP contribution in [0.4, 0.5) is 0 Å². The SMILES string of the molecule is CCSCc1nc(-c2ccc(Br)cc2)c(C)s1. The number of aryl methyl sites for hydroxylation is 1. The molecule has 90 valence electrons. The van der Waals surface area contributed by atoms with Crippen molar-refractivity contribution in [2.75, 3.05) is 5.75 Å². The molecule has 2 rings (SSSR count). The summed E-state index contributed by atoms with van der Waals surface area (Å²) >= 11 is 7.19. The van der Waals surface area contributed by atoms with E-state index in [0.717, 1.165) is 21.7 Å². The van der Waals surface area contributed by atoms with Crippen LogP contribution < -0.4 is 0 Å². The van der Waals surface area contributed by atoms with Crippen molar-refractivity contribution >= 4 is 39.0 Å². The van der Waals surface area contributed by atoms with E-state index in [0.29, 0.717) is 0 Å². The van der Waals surface area contributed by atoms with Gasteiger partial charge < -0.3 is 0 Å². The minimum absolute atomic E-state index is 1.03. The second-order valence-electron chi connectivity index (χ2n) is 3.66. The van der Waals surface area contributed by atoms with Gasteiger partial charge in [-0.1, -0.05) is 35.0 Å². The summed E-state index contributed by atoms with van der Waals surface area (Å²) in [6.45, 7) is 4.33. The molecule has 0 bridgehead atoms. The predicted octanol–water partition coefficient (Wildman–Crippen LogP) is 5.13. The number of hydrogen-bond donors (Lipinski definition) is 0. The lowest BCUT2D eigenvalue weighted by Gasteiger charge is -1.98. The molecule has 0 aliphatic carbocycles. The smallest absolute Gasteiger partial charge is 0.103 e. The highest BCUT2D eigenvalue weighted by atomic mass is 79.9. The summed E-state index contributed by atoms with van der Waals surface area (Å²) in [5.41, 5.74) is 2.34. The molecule has 1 nitrogen and oxygen atoms in total. The van der Waals surface area contributed by atoms with E-state index in [1.165, 1.54) is 15.4 Å². The van der Waals surface area contributed by atoms with Crippen molar-refractivity contribution in [1.29, 1.82) is 0 Å². The molecule has 0 aliphatic heterocycles. The second kappa shape index (κ2) is 6.03. The summed E-state index contributed by atoms with van der Waals surface area (Å²) in [5.74, 6) is 2.17. The minimum atomic E-state index is 1.03. The Kier molecular flexibility index (Phi) is 4.65. The molecule has 0 spiro atoms. The molecule has 0 atom stereocenters. The number of thioether (sulfide) groups is 1. The number of hydrogen-bond acceptors (Lipinski definition) is 3. The first-order valence-electron chi connectivity index (χ1n) is 5.50. The van der Waals surface area contributed by atoms with E-state index in [4.69, 9.17) is 4.98 Å². The Balaban J connectivity index is 2.26. The highest BCUT2D eigenvalue weighted by molar-refractivity contribution is 9.10. The van der Waals surface area contributed by atoms with E-state index in [1.807, 2.05) is 23.1 Å². The van der Waals surface area contributed by atoms with Gasteiger partial charge in [0.1, 0.15) is 5.01 Å². The first kappa shape index (κ1) is 13.1. The zero-order valence-corrected chi connectivity index (χ0v) is 13.1. The Hall–Kier alpha value is -0.320. The van der Waals surface area contributed by atoms with Crippen molar-refractivity contribution in [2.24, 2.45) is 0 Å². The Morgan fingerprint density at radius 2 is 2.00 bits per heavy atom. The Labute approximate surface area is 119 Å². The van der Waals surface area contributed by atoms with E-state index >= 15 is 0 Å². The lowest BCUT2D eigenvalue weighted by molar-refractivity contribution is 1.26. The lowest BCUT2D eigenvalue weighted by atomic mass is 10.1. The van der Waals surface area contributed by atoms with Crippen molar-refractivity contribution in [3.63, 3.8) is 0 Å². The monoisotopic (exact) mass is 327 g/mol. The molecule has 0 aliphatic rings. The van der Waals surface area contributed by atoms with Crippen LogP contribution in [0.2, 0.25) is 0 Å². The van der Waals surface area contributed by atoms with Gasteiger partial charge in [-0.05, 0) is 24.8 Å². The summed E-state index contributed by atoms with van der Waals surface area (Å²) in [6.07, 6.45) is 0. The van der Waals surface area contributed by atoms with Crippen molar-refractivity contribution < 1.29 is 0 Å². The van der Waals surface area contributed by atoms with Crippen LogP contribution in [0.1, 0.15) is 16.8 Å². The molecule has 17 heavy (non-hydrogen) atoms. The molecule has 0 N–H and O–H groups in total. The van der Waals surface area contributed by atoms with Crippen LogP contribution in [0.5, 0.6) is 0 Å². The fraction of sp³-hybridized carbons (Fsp3) is 0.308. The average molecular weight is 328 g/mol. The van der Waals surface area contributed by atoms with E-state index in [1.54, 1.807) is 0 Å². The summed E-state index contributed by atoms with van der Waals surface area (Å²) in [4.78, 5) is 6.03. The molecule has 1 aromatic heterocycles. The quantitative estimate of drug-likeness (QED) is 0.771. The maximum atomic E-state index is 4.73. The van der Waals surface area contributed by atoms with Gasteiger partial charge in [-0.2, -0.15) is 11.8 Å². The van der Waals surface area contributed by atoms with Gasteiger partial charge in [0.2, 0.25) is 0 Å². The van der Waals surface area contributed by atoms with Crippen LogP contribution in [0.25, 0.3) is 11.3 Å². The van der Waals surface area contributed by atoms with Gasteiger partial charge in [0.15, 0.2) is 0 Å². The molecule has 0 saturated heterocycles. The Morgan fingerprint density at radius 1 is 1.29 bits per heavy atom. The molecular weight excluding hydrogens is 314 g/mol. The minimum Gasteiger partial charge on any atom is -0.240 e. The number of aromatic nitrogens is 1. The summed E-state index contributed by atoms with van der Waals surface area (Å²) in [7, 11) is 0. The lowest BCUT2D eigenvalue weighted by Crippen LogP contribution is -1.82. The number of benzene rings is 1. The van der Waals surface area contributed by atoms with Gasteiger partial charge in [0.05, 0.1) is 5.69 Å². The highest BCUT2D eigenvalue weighted by Gasteiger charge is 2.09. The molecule has 1 heterocycles. The highest BCUT2D eigenvalue weighted by Crippen LogP contribution is 2.30. The molecule has 0 fully saturated rings. The van der Waals surface area contributed by atoms with Gasteiger partial charge in [0.25, 0.3) is 0 Å². The van der Waals surface area contributed by atoms with Crippen LogP contribution >= 0.6 is 39.0 Å². The molecule has 1 aromatic carbocycles. The standard InChI is InChI=1S/C13H14BrNS2/c1-3-16-8-12-15-13(9(2)17-12)10-4-6-11(14)7-5-10/h4-7H,3,8H2,1-2H3. The van der Waals surface area contributed by atoms with E-state index in [2.05, 4.69) is 54.0 Å². The van der Waals surface area contributed by atoms with E-state index in [-0.39, 0.29) is 0 Å². The Morgan fingerprint density at radius 3 is 2.65 bits per heavy atom. The third kappa shape index (κ3) is 3.33. The van der Waals surface area contributed by atoms with Crippen molar-refractivity contribution in [3.05, 3.63) is 38.6 Å². The largest absolute Gasteiger partial charge is 0.240 e. The van der Waals surface area contributed by atoms with Crippen LogP contribution in [0.3, 0.4) is 0 Å². The molecule has 0 radical (unpaired) electrons. The molecule has 0 saturated carbocycles. The molecule has 2 aromatic rings. The van der Waals surface area contributed by atoms with Crippen LogP contribution in [-0.4, -0.2) is 10.7 Å². The maximum Gasteiger partial charge on any atom is 0.103 e. The molecule has 4 heteroatoms. The maximum absolute atomic E-state index is 4.73. The summed E-state index contributed by atoms with van der Waals surface area (Å²) < 4.78 is 1.11. The zero-order valence-electron chi connectivity index (χ0n) is 9.87. The van der Waals surface area contributed by atoms with Crippen LogP contribution in [0.15, 0.2) is 28.7 Å². The second-order valence-corrected chi connectivity index (χ2v) is 7.13. The van der Waals surface area contributed by atoms with Crippen LogP contribution in [-0.2, 0) is 5.75 Å². The number of nitrogens with zero attached hydrogens (tertiary/aromatic N) is 1. The van der Waals surface area contributed by atoms with Gasteiger partial charge in [-0.15, -0.1) is 11.3 Å². The van der Waals surface area contributed by atoms with Gasteiger partial charge in [-0.3, -0.25) is 0 Å². The third-order valence-corrected chi connectivity index (χ3v) is 4.96. The van der Waals surface area contributed by atoms with Gasteiger partial charge in [0, 0.05) is 20.7 Å². The fourth-order valence-electron chi connectivity index (χ4n) is 1.58. The zero-order chi connectivity index (χ0) is 12.3. The first-order chi connectivity index (χ1) is 8.20.